The zero-order chi connectivity index (χ0) is 29.2. The summed E-state index contributed by atoms with van der Waals surface area (Å²) < 4.78 is 56.0. The van der Waals surface area contributed by atoms with Crippen molar-refractivity contribution in [2.75, 3.05) is 38.1 Å². The number of nitrogens with zero attached hydrogens (tertiary/aromatic N) is 3. The van der Waals surface area contributed by atoms with Gasteiger partial charge in [-0.2, -0.15) is 4.98 Å². The van der Waals surface area contributed by atoms with Crippen LogP contribution in [0.3, 0.4) is 0 Å². The van der Waals surface area contributed by atoms with Crippen molar-refractivity contribution < 1.29 is 21.6 Å². The van der Waals surface area contributed by atoms with Crippen molar-refractivity contribution in [1.82, 2.24) is 14.3 Å². The first-order valence-corrected chi connectivity index (χ1v) is 15.6. The molecule has 4 aromatic rings. The average Bonchev–Trinajstić information content (AvgIpc) is 2.90. The number of ether oxygens (including phenoxy) is 1. The van der Waals surface area contributed by atoms with E-state index in [1.54, 1.807) is 42.5 Å². The van der Waals surface area contributed by atoms with E-state index in [2.05, 4.69) is 20.6 Å². The number of aromatic nitrogens is 2. The van der Waals surface area contributed by atoms with Crippen molar-refractivity contribution in [2.45, 2.75) is 16.7 Å². The lowest BCUT2D eigenvalue weighted by Crippen LogP contribution is -2.23. The molecule has 4 rings (SSSR count). The smallest absolute Gasteiger partial charge is 0.244 e. The van der Waals surface area contributed by atoms with Gasteiger partial charge in [0.15, 0.2) is 15.7 Å². The summed E-state index contributed by atoms with van der Waals surface area (Å²) in [6.07, 6.45) is 2.57. The standard InChI is InChI=1S/C27H28ClN5O5S2/c1-17-14-23(24(38-4)15-20(17)18-10-12-19(13-11-18)39(5,34)35)31-27-29-16-21(28)26(32-27)30-22-8-6-7-9-25(22)40(36,37)33(2)3/h6-16H,1-5H3,(H2,29,30,31,32). The summed E-state index contributed by atoms with van der Waals surface area (Å²) in [6.45, 7) is 1.92. The molecule has 0 saturated carbocycles. The molecule has 0 fully saturated rings. The second-order valence-corrected chi connectivity index (χ2v) is 13.6. The van der Waals surface area contributed by atoms with E-state index in [0.29, 0.717) is 17.1 Å². The molecule has 1 aromatic heterocycles. The van der Waals surface area contributed by atoms with Crippen LogP contribution in [0.4, 0.5) is 23.1 Å². The molecule has 0 amide bonds. The van der Waals surface area contributed by atoms with Gasteiger partial charge in [0.25, 0.3) is 0 Å². The Morgan fingerprint density at radius 2 is 1.60 bits per heavy atom. The monoisotopic (exact) mass is 601 g/mol. The topological polar surface area (TPSA) is 131 Å². The van der Waals surface area contributed by atoms with Gasteiger partial charge in [-0.25, -0.2) is 26.1 Å². The maximum atomic E-state index is 12.8. The van der Waals surface area contributed by atoms with Gasteiger partial charge in [0.1, 0.15) is 15.7 Å². The number of benzene rings is 3. The number of hydrogen-bond acceptors (Lipinski definition) is 9. The Kier molecular flexibility index (Phi) is 8.36. The molecule has 0 atom stereocenters. The Labute approximate surface area is 239 Å². The highest BCUT2D eigenvalue weighted by Gasteiger charge is 2.22. The maximum absolute atomic E-state index is 12.8. The first-order chi connectivity index (χ1) is 18.8. The van der Waals surface area contributed by atoms with E-state index in [0.717, 1.165) is 21.0 Å². The maximum Gasteiger partial charge on any atom is 0.244 e. The van der Waals surface area contributed by atoms with Crippen LogP contribution in [-0.4, -0.2) is 58.6 Å². The Morgan fingerprint density at radius 3 is 2.23 bits per heavy atom. The Hall–Kier alpha value is -3.71. The van der Waals surface area contributed by atoms with E-state index in [4.69, 9.17) is 16.3 Å². The first-order valence-electron chi connectivity index (χ1n) is 11.9. The van der Waals surface area contributed by atoms with Gasteiger partial charge in [-0.15, -0.1) is 0 Å². The normalized spacial score (nSPS) is 11.9. The highest BCUT2D eigenvalue weighted by atomic mass is 35.5. The second kappa shape index (κ2) is 11.4. The number of para-hydroxylation sites is 1. The minimum absolute atomic E-state index is 0.0710. The van der Waals surface area contributed by atoms with Crippen LogP contribution < -0.4 is 15.4 Å². The first kappa shape index (κ1) is 29.3. The Balaban J connectivity index is 1.66. The number of halogens is 1. The lowest BCUT2D eigenvalue weighted by molar-refractivity contribution is 0.417. The van der Waals surface area contributed by atoms with Crippen molar-refractivity contribution in [1.29, 1.82) is 0 Å². The fourth-order valence-electron chi connectivity index (χ4n) is 3.90. The van der Waals surface area contributed by atoms with Crippen LogP contribution >= 0.6 is 11.6 Å². The lowest BCUT2D eigenvalue weighted by Gasteiger charge is -2.17. The molecule has 1 heterocycles. The largest absolute Gasteiger partial charge is 0.495 e. The molecule has 40 heavy (non-hydrogen) atoms. The summed E-state index contributed by atoms with van der Waals surface area (Å²) in [5, 5.41) is 6.34. The van der Waals surface area contributed by atoms with E-state index in [1.165, 1.54) is 39.7 Å². The summed E-state index contributed by atoms with van der Waals surface area (Å²) in [4.78, 5) is 9.04. The van der Waals surface area contributed by atoms with Gasteiger partial charge in [-0.1, -0.05) is 35.9 Å². The van der Waals surface area contributed by atoms with E-state index in [-0.39, 0.29) is 26.6 Å². The van der Waals surface area contributed by atoms with Crippen molar-refractivity contribution >= 4 is 54.6 Å². The molecule has 10 nitrogen and oxygen atoms in total. The highest BCUT2D eigenvalue weighted by Crippen LogP contribution is 2.36. The zero-order valence-electron chi connectivity index (χ0n) is 22.4. The molecular weight excluding hydrogens is 574 g/mol. The number of rotatable bonds is 9. The number of sulfonamides is 1. The van der Waals surface area contributed by atoms with Crippen LogP contribution in [0.2, 0.25) is 5.02 Å². The third kappa shape index (κ3) is 6.20. The SMILES string of the molecule is COc1cc(-c2ccc(S(C)(=O)=O)cc2)c(C)cc1Nc1ncc(Cl)c(Nc2ccccc2S(=O)(=O)N(C)C)n1. The molecule has 0 saturated heterocycles. The van der Waals surface area contributed by atoms with Crippen LogP contribution in [0.1, 0.15) is 5.56 Å². The number of anilines is 4. The lowest BCUT2D eigenvalue weighted by atomic mass is 9.99. The van der Waals surface area contributed by atoms with Gasteiger partial charge in [-0.3, -0.25) is 0 Å². The zero-order valence-corrected chi connectivity index (χ0v) is 24.8. The van der Waals surface area contributed by atoms with E-state index >= 15 is 0 Å². The molecule has 0 bridgehead atoms. The van der Waals surface area contributed by atoms with Gasteiger partial charge < -0.3 is 15.4 Å². The number of methoxy groups -OCH3 is 1. The second-order valence-electron chi connectivity index (χ2n) is 9.09. The summed E-state index contributed by atoms with van der Waals surface area (Å²) in [7, 11) is -2.59. The highest BCUT2D eigenvalue weighted by molar-refractivity contribution is 7.90. The predicted octanol–water partition coefficient (Wildman–Crippen LogP) is 5.26. The molecule has 0 unspecified atom stereocenters. The van der Waals surface area contributed by atoms with E-state index < -0.39 is 19.9 Å². The summed E-state index contributed by atoms with van der Waals surface area (Å²) >= 11 is 6.35. The fraction of sp³-hybridized carbons (Fsp3) is 0.185. The molecule has 210 valence electrons. The minimum atomic E-state index is -3.73. The van der Waals surface area contributed by atoms with Gasteiger partial charge in [0.05, 0.1) is 29.6 Å². The number of nitrogens with one attached hydrogen (secondary N) is 2. The molecule has 0 aliphatic carbocycles. The molecule has 0 radical (unpaired) electrons. The van der Waals surface area contributed by atoms with Crippen LogP contribution in [0.5, 0.6) is 5.75 Å². The average molecular weight is 602 g/mol. The van der Waals surface area contributed by atoms with Gasteiger partial charge in [-0.05, 0) is 60.0 Å². The molecule has 0 aliphatic rings. The molecule has 0 spiro atoms. The third-order valence-corrected chi connectivity index (χ3v) is 9.31. The predicted molar refractivity (Wildman–Crippen MR) is 157 cm³/mol. The Bertz CT molecular complexity index is 1780. The van der Waals surface area contributed by atoms with Crippen LogP contribution in [-0.2, 0) is 19.9 Å². The quantitative estimate of drug-likeness (QED) is 0.264. The molecular formula is C27H28ClN5O5S2. The number of hydrogen-bond donors (Lipinski definition) is 2. The number of sulfone groups is 1. The number of aryl methyl sites for hydroxylation is 1. The van der Waals surface area contributed by atoms with E-state index in [9.17, 15) is 16.8 Å². The van der Waals surface area contributed by atoms with Crippen LogP contribution in [0, 0.1) is 6.92 Å². The van der Waals surface area contributed by atoms with Crippen molar-refractivity contribution in [2.24, 2.45) is 0 Å². The summed E-state index contributed by atoms with van der Waals surface area (Å²) in [5.74, 6) is 0.907. The third-order valence-electron chi connectivity index (χ3n) is 6.03. The van der Waals surface area contributed by atoms with Crippen molar-refractivity contribution in [3.8, 4) is 16.9 Å². The molecule has 0 aliphatic heterocycles. The van der Waals surface area contributed by atoms with Crippen LogP contribution in [0.15, 0.2) is 76.7 Å². The van der Waals surface area contributed by atoms with Crippen LogP contribution in [0.25, 0.3) is 11.1 Å². The molecule has 13 heteroatoms. The van der Waals surface area contributed by atoms with Crippen molar-refractivity contribution in [3.63, 3.8) is 0 Å². The van der Waals surface area contributed by atoms with Gasteiger partial charge >= 0.3 is 0 Å². The Morgan fingerprint density at radius 1 is 0.925 bits per heavy atom. The van der Waals surface area contributed by atoms with Gasteiger partial charge in [0, 0.05) is 20.4 Å². The summed E-state index contributed by atoms with van der Waals surface area (Å²) in [5.41, 5.74) is 3.48. The fourth-order valence-corrected chi connectivity index (χ4v) is 5.71. The summed E-state index contributed by atoms with van der Waals surface area (Å²) in [6, 6.07) is 16.8. The minimum Gasteiger partial charge on any atom is -0.495 e. The van der Waals surface area contributed by atoms with Crippen molar-refractivity contribution in [3.05, 3.63) is 77.4 Å². The molecule has 2 N–H and O–H groups in total. The van der Waals surface area contributed by atoms with E-state index in [1.807, 2.05) is 19.1 Å². The molecule has 3 aromatic carbocycles. The van der Waals surface area contributed by atoms with Gasteiger partial charge in [0.2, 0.25) is 16.0 Å².